The zero-order valence-electron chi connectivity index (χ0n) is 11.2. The number of nitrogen functional groups attached to an aromatic ring is 1. The molecule has 1 atom stereocenters. The van der Waals surface area contributed by atoms with Crippen molar-refractivity contribution in [2.75, 3.05) is 25.3 Å². The maximum Gasteiger partial charge on any atom is 0.350 e. The van der Waals surface area contributed by atoms with Crippen molar-refractivity contribution in [3.63, 3.8) is 0 Å². The topological polar surface area (TPSA) is 144 Å². The van der Waals surface area contributed by atoms with Gasteiger partial charge < -0.3 is 29.9 Å². The summed E-state index contributed by atoms with van der Waals surface area (Å²) in [5, 5.41) is 9.82. The predicted molar refractivity (Wildman–Crippen MR) is 75.5 cm³/mol. The number of aliphatic hydroxyl groups is 1. The third-order valence-electron chi connectivity index (χ3n) is 2.97. The number of aliphatic hydroxyl groups excluding tert-OH is 1. The zero-order chi connectivity index (χ0) is 15.5. The van der Waals surface area contributed by atoms with Gasteiger partial charge in [-0.15, -0.1) is 0 Å². The molecule has 2 heterocycles. The molecule has 0 bridgehead atoms. The minimum absolute atomic E-state index is 0.0410. The lowest BCUT2D eigenvalue weighted by Crippen LogP contribution is -2.17. The fourth-order valence-electron chi connectivity index (χ4n) is 2.04. The van der Waals surface area contributed by atoms with E-state index >= 15 is 0 Å². The molecule has 0 saturated heterocycles. The SMILES string of the molecule is Nc1ncnc2c1ccn2C(CCO)COCP(=O)(O)O. The Morgan fingerprint density at radius 3 is 2.86 bits per heavy atom. The highest BCUT2D eigenvalue weighted by atomic mass is 31.2. The molecule has 5 N–H and O–H groups in total. The van der Waals surface area contributed by atoms with Crippen molar-refractivity contribution in [3.8, 4) is 0 Å². The van der Waals surface area contributed by atoms with Gasteiger partial charge in [-0.1, -0.05) is 0 Å². The van der Waals surface area contributed by atoms with Crippen LogP contribution in [0.4, 0.5) is 5.82 Å². The molecule has 0 saturated carbocycles. The van der Waals surface area contributed by atoms with Crippen LogP contribution in [-0.4, -0.2) is 49.0 Å². The smallest absolute Gasteiger partial charge is 0.350 e. The van der Waals surface area contributed by atoms with E-state index in [9.17, 15) is 4.57 Å². The highest BCUT2D eigenvalue weighted by Gasteiger charge is 2.18. The molecule has 0 fully saturated rings. The van der Waals surface area contributed by atoms with E-state index in [1.807, 2.05) is 0 Å². The number of hydrogen-bond donors (Lipinski definition) is 4. The Labute approximate surface area is 120 Å². The summed E-state index contributed by atoms with van der Waals surface area (Å²) in [6.07, 6.45) is 2.76. The summed E-state index contributed by atoms with van der Waals surface area (Å²) in [6.45, 7) is -0.0520. The fraction of sp³-hybridized carbons (Fsp3) is 0.455. The van der Waals surface area contributed by atoms with Crippen molar-refractivity contribution in [3.05, 3.63) is 18.6 Å². The molecule has 0 aliphatic heterocycles. The average Bonchev–Trinajstić information content (AvgIpc) is 2.81. The lowest BCUT2D eigenvalue weighted by Gasteiger charge is -2.19. The molecular weight excluding hydrogens is 299 g/mol. The first-order valence-corrected chi connectivity index (χ1v) is 8.02. The number of aromatic nitrogens is 3. The summed E-state index contributed by atoms with van der Waals surface area (Å²) in [7, 11) is -4.21. The summed E-state index contributed by atoms with van der Waals surface area (Å²) in [6, 6.07) is 1.44. The lowest BCUT2D eigenvalue weighted by molar-refractivity contribution is 0.112. The summed E-state index contributed by atoms with van der Waals surface area (Å²) in [5.74, 6) is 0.345. The molecule has 1 unspecified atom stereocenters. The fourth-order valence-corrected chi connectivity index (χ4v) is 2.39. The van der Waals surface area contributed by atoms with Crippen LogP contribution in [0, 0.1) is 0 Å². The van der Waals surface area contributed by atoms with Crippen molar-refractivity contribution < 1.29 is 24.2 Å². The zero-order valence-corrected chi connectivity index (χ0v) is 12.1. The highest BCUT2D eigenvalue weighted by Crippen LogP contribution is 2.34. The summed E-state index contributed by atoms with van der Waals surface area (Å²) in [4.78, 5) is 25.6. The van der Waals surface area contributed by atoms with E-state index in [0.717, 1.165) is 0 Å². The number of nitrogens with two attached hydrogens (primary N) is 1. The number of rotatable bonds is 7. The van der Waals surface area contributed by atoms with Crippen molar-refractivity contribution in [1.82, 2.24) is 14.5 Å². The van der Waals surface area contributed by atoms with Gasteiger partial charge in [0, 0.05) is 12.8 Å². The quantitative estimate of drug-likeness (QED) is 0.526. The van der Waals surface area contributed by atoms with E-state index < -0.39 is 13.9 Å². The van der Waals surface area contributed by atoms with E-state index in [1.54, 1.807) is 16.8 Å². The van der Waals surface area contributed by atoms with Crippen LogP contribution in [0.15, 0.2) is 18.6 Å². The number of ether oxygens (including phenoxy) is 1. The second-order valence-corrected chi connectivity index (χ2v) is 6.14. The molecule has 2 aromatic rings. The van der Waals surface area contributed by atoms with Gasteiger partial charge in [0.15, 0.2) is 0 Å². The number of anilines is 1. The van der Waals surface area contributed by atoms with Gasteiger partial charge in [-0.2, -0.15) is 0 Å². The van der Waals surface area contributed by atoms with Crippen molar-refractivity contribution in [2.45, 2.75) is 12.5 Å². The van der Waals surface area contributed by atoms with Gasteiger partial charge in [0.25, 0.3) is 0 Å². The molecule has 21 heavy (non-hydrogen) atoms. The minimum Gasteiger partial charge on any atom is -0.396 e. The number of nitrogens with zero attached hydrogens (tertiary/aromatic N) is 3. The van der Waals surface area contributed by atoms with Crippen LogP contribution in [-0.2, 0) is 9.30 Å². The molecule has 0 aromatic carbocycles. The monoisotopic (exact) mass is 316 g/mol. The van der Waals surface area contributed by atoms with Crippen LogP contribution in [0.5, 0.6) is 0 Å². The first kappa shape index (κ1) is 15.9. The molecule has 2 rings (SSSR count). The number of fused-ring (bicyclic) bond motifs is 1. The van der Waals surface area contributed by atoms with Crippen LogP contribution >= 0.6 is 7.60 Å². The Hall–Kier alpha value is -1.51. The van der Waals surface area contributed by atoms with E-state index in [-0.39, 0.29) is 19.3 Å². The van der Waals surface area contributed by atoms with Gasteiger partial charge in [0.1, 0.15) is 24.1 Å². The third kappa shape index (κ3) is 3.99. The Bertz CT molecular complexity index is 655. The standard InChI is InChI=1S/C11H17N4O5P/c12-10-9-1-3-15(11(9)14-6-13-10)8(2-4-16)5-20-7-21(17,18)19/h1,3,6,8,16H,2,4-5,7H2,(H2,12,13,14)(H2,17,18,19). The second-order valence-electron chi connectivity index (χ2n) is 4.55. The highest BCUT2D eigenvalue weighted by molar-refractivity contribution is 7.51. The van der Waals surface area contributed by atoms with Gasteiger partial charge in [-0.3, -0.25) is 4.57 Å². The molecule has 2 aromatic heterocycles. The Morgan fingerprint density at radius 2 is 2.19 bits per heavy atom. The second kappa shape index (κ2) is 6.50. The van der Waals surface area contributed by atoms with Crippen molar-refractivity contribution >= 4 is 24.4 Å². The normalized spacial score (nSPS) is 13.7. The molecule has 0 amide bonds. The largest absolute Gasteiger partial charge is 0.396 e. The van der Waals surface area contributed by atoms with Crippen LogP contribution in [0.25, 0.3) is 11.0 Å². The maximum atomic E-state index is 10.8. The van der Waals surface area contributed by atoms with Crippen LogP contribution in [0.1, 0.15) is 12.5 Å². The Kier molecular flexibility index (Phi) is 4.92. The molecule has 10 heteroatoms. The maximum absolute atomic E-state index is 10.8. The first-order chi connectivity index (χ1) is 9.92. The molecule has 0 radical (unpaired) electrons. The van der Waals surface area contributed by atoms with Crippen molar-refractivity contribution in [1.29, 1.82) is 0 Å². The van der Waals surface area contributed by atoms with Gasteiger partial charge in [-0.25, -0.2) is 9.97 Å². The summed E-state index contributed by atoms with van der Waals surface area (Å²) < 4.78 is 17.6. The van der Waals surface area contributed by atoms with Crippen LogP contribution in [0.2, 0.25) is 0 Å². The van der Waals surface area contributed by atoms with Gasteiger partial charge in [0.05, 0.1) is 18.0 Å². The summed E-state index contributed by atoms with van der Waals surface area (Å²) >= 11 is 0. The van der Waals surface area contributed by atoms with Gasteiger partial charge in [0.2, 0.25) is 0 Å². The van der Waals surface area contributed by atoms with Gasteiger partial charge in [-0.05, 0) is 12.5 Å². The predicted octanol–water partition coefficient (Wildman–Crippen LogP) is 0.0888. The molecule has 0 spiro atoms. The molecule has 9 nitrogen and oxygen atoms in total. The number of hydrogen-bond acceptors (Lipinski definition) is 6. The third-order valence-corrected chi connectivity index (χ3v) is 3.48. The molecule has 116 valence electrons. The first-order valence-electron chi connectivity index (χ1n) is 6.22. The minimum atomic E-state index is -4.21. The van der Waals surface area contributed by atoms with E-state index in [4.69, 9.17) is 25.4 Å². The average molecular weight is 316 g/mol. The van der Waals surface area contributed by atoms with E-state index in [1.165, 1.54) is 6.33 Å². The van der Waals surface area contributed by atoms with Crippen LogP contribution < -0.4 is 5.73 Å². The molecular formula is C11H17N4O5P. The summed E-state index contributed by atoms with van der Waals surface area (Å²) in [5.41, 5.74) is 6.34. The van der Waals surface area contributed by atoms with E-state index in [2.05, 4.69) is 9.97 Å². The Balaban J connectivity index is 2.20. The molecule has 0 aliphatic carbocycles. The van der Waals surface area contributed by atoms with Gasteiger partial charge >= 0.3 is 7.60 Å². The van der Waals surface area contributed by atoms with E-state index in [0.29, 0.717) is 23.3 Å². The Morgan fingerprint density at radius 1 is 1.43 bits per heavy atom. The van der Waals surface area contributed by atoms with Crippen LogP contribution in [0.3, 0.4) is 0 Å². The lowest BCUT2D eigenvalue weighted by atomic mass is 10.2. The van der Waals surface area contributed by atoms with Crippen molar-refractivity contribution in [2.24, 2.45) is 0 Å². The molecule has 0 aliphatic rings.